The van der Waals surface area contributed by atoms with Crippen LogP contribution in [-0.4, -0.2) is 33.3 Å². The predicted octanol–water partition coefficient (Wildman–Crippen LogP) is 4.15. The number of fused-ring (bicyclic) bond motifs is 1. The molecule has 3 aromatic rings. The number of imidazole rings is 1. The van der Waals surface area contributed by atoms with Crippen molar-refractivity contribution in [1.82, 2.24) is 9.55 Å². The molecule has 2 aromatic carbocycles. The first kappa shape index (κ1) is 18.1. The summed E-state index contributed by atoms with van der Waals surface area (Å²) in [4.78, 5) is 15.8. The third kappa shape index (κ3) is 3.35. The van der Waals surface area contributed by atoms with Crippen LogP contribution in [-0.2, 0) is 17.7 Å². The third-order valence-electron chi connectivity index (χ3n) is 4.68. The number of hydrogen-bond acceptors (Lipinski definition) is 3. The largest absolute Gasteiger partial charge is 0.478 e. The van der Waals surface area contributed by atoms with Crippen molar-refractivity contribution in [1.29, 1.82) is 0 Å². The van der Waals surface area contributed by atoms with Gasteiger partial charge in [-0.3, -0.25) is 0 Å². The van der Waals surface area contributed by atoms with Gasteiger partial charge in [0.1, 0.15) is 17.2 Å². The van der Waals surface area contributed by atoms with Gasteiger partial charge in [0.25, 0.3) is 0 Å². The van der Waals surface area contributed by atoms with E-state index in [-0.39, 0.29) is 18.0 Å². The van der Waals surface area contributed by atoms with Crippen LogP contribution in [0.1, 0.15) is 28.2 Å². The van der Waals surface area contributed by atoms with E-state index in [0.717, 1.165) is 6.42 Å². The highest BCUT2D eigenvalue weighted by molar-refractivity contribution is 9.10. The molecule has 1 unspecified atom stereocenters. The maximum Gasteiger partial charge on any atom is 0.338 e. The molecule has 5 nitrogen and oxygen atoms in total. The standard InChI is InChI=1S/C19H15BrF2N2O3/c20-13-3-1-10(7-14(13)21)8-16-23-15-4-2-12(19(25)26)17(22)18(15)24(16)9-11-5-6-27-11/h1-4,7,11H,5-6,8-9H2,(H,25,26). The molecule has 0 spiro atoms. The lowest BCUT2D eigenvalue weighted by Crippen LogP contribution is -2.32. The van der Waals surface area contributed by atoms with Gasteiger partial charge in [-0.2, -0.15) is 0 Å². The molecular formula is C19H15BrF2N2O3. The Morgan fingerprint density at radius 3 is 2.74 bits per heavy atom. The average molecular weight is 437 g/mol. The molecule has 8 heteroatoms. The first-order chi connectivity index (χ1) is 12.9. The van der Waals surface area contributed by atoms with Crippen LogP contribution in [0.2, 0.25) is 0 Å². The van der Waals surface area contributed by atoms with E-state index in [1.807, 2.05) is 0 Å². The van der Waals surface area contributed by atoms with E-state index in [4.69, 9.17) is 4.74 Å². The Morgan fingerprint density at radius 1 is 1.33 bits per heavy atom. The molecular weight excluding hydrogens is 422 g/mol. The molecule has 1 atom stereocenters. The molecule has 1 aliphatic heterocycles. The van der Waals surface area contributed by atoms with E-state index in [0.29, 0.717) is 34.5 Å². The van der Waals surface area contributed by atoms with E-state index < -0.39 is 23.2 Å². The van der Waals surface area contributed by atoms with Crippen molar-refractivity contribution < 1.29 is 23.4 Å². The average Bonchev–Trinajstić information content (AvgIpc) is 2.92. The van der Waals surface area contributed by atoms with Gasteiger partial charge >= 0.3 is 5.97 Å². The molecule has 27 heavy (non-hydrogen) atoms. The number of carbonyl (C=O) groups is 1. The fourth-order valence-corrected chi connectivity index (χ4v) is 3.44. The Kier molecular flexibility index (Phi) is 4.69. The maximum absolute atomic E-state index is 14.9. The van der Waals surface area contributed by atoms with Crippen LogP contribution in [0.25, 0.3) is 11.0 Å². The minimum Gasteiger partial charge on any atom is -0.478 e. The van der Waals surface area contributed by atoms with E-state index >= 15 is 0 Å². The summed E-state index contributed by atoms with van der Waals surface area (Å²) in [5.41, 5.74) is 0.780. The van der Waals surface area contributed by atoms with Crippen LogP contribution in [0.15, 0.2) is 34.8 Å². The summed E-state index contributed by atoms with van der Waals surface area (Å²) in [7, 11) is 0. The zero-order valence-electron chi connectivity index (χ0n) is 14.1. The number of rotatable bonds is 5. The Balaban J connectivity index is 1.82. The number of carboxylic acids is 1. The lowest BCUT2D eigenvalue weighted by molar-refractivity contribution is -0.0590. The monoisotopic (exact) mass is 436 g/mol. The van der Waals surface area contributed by atoms with E-state index in [2.05, 4.69) is 20.9 Å². The number of ether oxygens (including phenoxy) is 1. The smallest absolute Gasteiger partial charge is 0.338 e. The van der Waals surface area contributed by atoms with E-state index in [1.54, 1.807) is 16.7 Å². The van der Waals surface area contributed by atoms with Crippen LogP contribution in [0.3, 0.4) is 0 Å². The zero-order chi connectivity index (χ0) is 19.1. The molecule has 4 rings (SSSR count). The van der Waals surface area contributed by atoms with Gasteiger partial charge in [0.15, 0.2) is 5.82 Å². The highest BCUT2D eigenvalue weighted by Gasteiger charge is 2.25. The quantitative estimate of drug-likeness (QED) is 0.652. The third-order valence-corrected chi connectivity index (χ3v) is 5.33. The predicted molar refractivity (Wildman–Crippen MR) is 97.9 cm³/mol. The van der Waals surface area contributed by atoms with Gasteiger partial charge in [-0.25, -0.2) is 18.6 Å². The Morgan fingerprint density at radius 2 is 2.11 bits per heavy atom. The molecule has 1 aromatic heterocycles. The summed E-state index contributed by atoms with van der Waals surface area (Å²) in [5, 5.41) is 9.21. The molecule has 0 amide bonds. The van der Waals surface area contributed by atoms with Gasteiger partial charge in [0.05, 0.1) is 28.2 Å². The summed E-state index contributed by atoms with van der Waals surface area (Å²) in [5.74, 6) is -2.01. The second-order valence-electron chi connectivity index (χ2n) is 6.45. The van der Waals surface area contributed by atoms with E-state index in [9.17, 15) is 18.7 Å². The second-order valence-corrected chi connectivity index (χ2v) is 7.30. The van der Waals surface area contributed by atoms with Crippen molar-refractivity contribution >= 4 is 32.9 Å². The number of carboxylic acid groups (broad SMARTS) is 1. The van der Waals surface area contributed by atoms with Crippen molar-refractivity contribution in [2.24, 2.45) is 0 Å². The maximum atomic E-state index is 14.9. The molecule has 1 N–H and O–H groups in total. The van der Waals surface area contributed by atoms with Crippen LogP contribution < -0.4 is 0 Å². The molecule has 0 bridgehead atoms. The van der Waals surface area contributed by atoms with Crippen LogP contribution in [0.5, 0.6) is 0 Å². The van der Waals surface area contributed by atoms with Crippen LogP contribution in [0.4, 0.5) is 8.78 Å². The Hall–Kier alpha value is -2.32. The topological polar surface area (TPSA) is 64.3 Å². The Bertz CT molecular complexity index is 1050. The normalized spacial score (nSPS) is 16.5. The van der Waals surface area contributed by atoms with Crippen molar-refractivity contribution in [3.05, 3.63) is 63.4 Å². The summed E-state index contributed by atoms with van der Waals surface area (Å²) >= 11 is 3.12. The van der Waals surface area contributed by atoms with E-state index in [1.165, 1.54) is 18.2 Å². The molecule has 2 heterocycles. The first-order valence-electron chi connectivity index (χ1n) is 8.40. The molecule has 1 aliphatic rings. The number of nitrogens with zero attached hydrogens (tertiary/aromatic N) is 2. The minimum absolute atomic E-state index is 0.0734. The minimum atomic E-state index is -1.33. The lowest BCUT2D eigenvalue weighted by atomic mass is 10.1. The molecule has 140 valence electrons. The molecule has 1 fully saturated rings. The van der Waals surface area contributed by atoms with Gasteiger partial charge in [0.2, 0.25) is 0 Å². The number of aromatic nitrogens is 2. The van der Waals surface area contributed by atoms with Gasteiger partial charge in [-0.05, 0) is 52.2 Å². The summed E-state index contributed by atoms with van der Waals surface area (Å²) in [6, 6.07) is 7.46. The number of benzene rings is 2. The lowest BCUT2D eigenvalue weighted by Gasteiger charge is -2.27. The van der Waals surface area contributed by atoms with Crippen molar-refractivity contribution in [2.75, 3.05) is 6.61 Å². The van der Waals surface area contributed by atoms with Gasteiger partial charge in [-0.15, -0.1) is 0 Å². The Labute approximate surface area is 161 Å². The molecule has 0 aliphatic carbocycles. The van der Waals surface area contributed by atoms with Gasteiger partial charge < -0.3 is 14.4 Å². The molecule has 1 saturated heterocycles. The van der Waals surface area contributed by atoms with Crippen molar-refractivity contribution in [3.63, 3.8) is 0 Å². The molecule has 0 saturated carbocycles. The first-order valence-corrected chi connectivity index (χ1v) is 9.20. The zero-order valence-corrected chi connectivity index (χ0v) is 15.7. The van der Waals surface area contributed by atoms with Crippen molar-refractivity contribution in [2.45, 2.75) is 25.5 Å². The van der Waals surface area contributed by atoms with Crippen LogP contribution >= 0.6 is 15.9 Å². The summed E-state index contributed by atoms with van der Waals surface area (Å²) in [6.45, 7) is 1.01. The number of halogens is 3. The second kappa shape index (κ2) is 7.01. The van der Waals surface area contributed by atoms with Gasteiger partial charge in [-0.1, -0.05) is 6.07 Å². The number of aromatic carboxylic acids is 1. The SMILES string of the molecule is O=C(O)c1ccc2nc(Cc3ccc(Br)c(F)c3)n(CC3CCO3)c2c1F. The summed E-state index contributed by atoms with van der Waals surface area (Å²) < 4.78 is 36.2. The fraction of sp³-hybridized carbons (Fsp3) is 0.263. The number of hydrogen-bond donors (Lipinski definition) is 1. The highest BCUT2D eigenvalue weighted by Crippen LogP contribution is 2.27. The summed E-state index contributed by atoms with van der Waals surface area (Å²) in [6.07, 6.45) is 1.05. The van der Waals surface area contributed by atoms with Crippen LogP contribution in [0, 0.1) is 11.6 Å². The fourth-order valence-electron chi connectivity index (χ4n) is 3.19. The van der Waals surface area contributed by atoms with Gasteiger partial charge in [0, 0.05) is 13.0 Å². The van der Waals surface area contributed by atoms with Crippen molar-refractivity contribution in [3.8, 4) is 0 Å². The highest BCUT2D eigenvalue weighted by atomic mass is 79.9. The molecule has 0 radical (unpaired) electrons.